The fraction of sp³-hybridized carbons (Fsp3) is 0.391. The lowest BCUT2D eigenvalue weighted by Crippen LogP contribution is -2.41. The first-order valence-electron chi connectivity index (χ1n) is 9.86. The standard InChI is InChI=1S/C23H29N3O2/c1-24-23(25-14-12-18-8-10-21(11-9-18)22(27)28-2)26-15-13-20(17-26)16-19-6-4-3-5-7-19/h3-11,20H,12-17H2,1-2H3,(H,24,25). The van der Waals surface area contributed by atoms with Crippen LogP contribution in [-0.2, 0) is 17.6 Å². The molecule has 2 aromatic rings. The van der Waals surface area contributed by atoms with E-state index >= 15 is 0 Å². The maximum Gasteiger partial charge on any atom is 0.337 e. The first-order chi connectivity index (χ1) is 13.7. The van der Waals surface area contributed by atoms with E-state index in [-0.39, 0.29) is 5.97 Å². The van der Waals surface area contributed by atoms with E-state index in [1.165, 1.54) is 24.7 Å². The van der Waals surface area contributed by atoms with Crippen molar-refractivity contribution >= 4 is 11.9 Å². The van der Waals surface area contributed by atoms with Gasteiger partial charge in [0.2, 0.25) is 0 Å². The van der Waals surface area contributed by atoms with Crippen LogP contribution in [-0.4, -0.2) is 50.6 Å². The van der Waals surface area contributed by atoms with Crippen LogP contribution in [0, 0.1) is 5.92 Å². The van der Waals surface area contributed by atoms with Crippen molar-refractivity contribution in [2.24, 2.45) is 10.9 Å². The van der Waals surface area contributed by atoms with Crippen molar-refractivity contribution in [3.8, 4) is 0 Å². The zero-order valence-corrected chi connectivity index (χ0v) is 16.7. The van der Waals surface area contributed by atoms with Gasteiger partial charge in [0.25, 0.3) is 0 Å². The van der Waals surface area contributed by atoms with Gasteiger partial charge in [-0.15, -0.1) is 0 Å². The van der Waals surface area contributed by atoms with Gasteiger partial charge in [0.15, 0.2) is 5.96 Å². The molecular formula is C23H29N3O2. The molecular weight excluding hydrogens is 350 g/mol. The summed E-state index contributed by atoms with van der Waals surface area (Å²) in [5.41, 5.74) is 3.17. The Morgan fingerprint density at radius 2 is 1.89 bits per heavy atom. The molecule has 1 aliphatic rings. The molecule has 1 unspecified atom stereocenters. The zero-order valence-electron chi connectivity index (χ0n) is 16.7. The van der Waals surface area contributed by atoms with Crippen LogP contribution in [0.2, 0.25) is 0 Å². The normalized spacial score (nSPS) is 16.9. The van der Waals surface area contributed by atoms with Crippen LogP contribution in [0.5, 0.6) is 0 Å². The Labute approximate surface area is 167 Å². The maximum absolute atomic E-state index is 11.5. The molecule has 0 radical (unpaired) electrons. The van der Waals surface area contributed by atoms with Crippen LogP contribution in [0.15, 0.2) is 59.6 Å². The number of ether oxygens (including phenoxy) is 1. The smallest absolute Gasteiger partial charge is 0.337 e. The van der Waals surface area contributed by atoms with Crippen molar-refractivity contribution in [3.05, 3.63) is 71.3 Å². The Hall–Kier alpha value is -2.82. The van der Waals surface area contributed by atoms with E-state index in [1.807, 2.05) is 31.3 Å². The quantitative estimate of drug-likeness (QED) is 0.476. The summed E-state index contributed by atoms with van der Waals surface area (Å²) in [6, 6.07) is 18.3. The second kappa shape index (κ2) is 9.93. The molecule has 0 aliphatic carbocycles. The molecule has 1 atom stereocenters. The molecule has 148 valence electrons. The topological polar surface area (TPSA) is 53.9 Å². The summed E-state index contributed by atoms with van der Waals surface area (Å²) in [4.78, 5) is 18.3. The first-order valence-corrected chi connectivity index (χ1v) is 9.86. The highest BCUT2D eigenvalue weighted by molar-refractivity contribution is 5.89. The fourth-order valence-corrected chi connectivity index (χ4v) is 3.72. The number of aliphatic imine (C=N–C) groups is 1. The Kier molecular flexibility index (Phi) is 7.06. The first kappa shape index (κ1) is 19.9. The predicted molar refractivity (Wildman–Crippen MR) is 113 cm³/mol. The molecule has 1 heterocycles. The molecule has 5 nitrogen and oxygen atoms in total. The van der Waals surface area contributed by atoms with Gasteiger partial charge in [0.05, 0.1) is 12.7 Å². The number of likely N-dealkylation sites (tertiary alicyclic amines) is 1. The number of esters is 1. The van der Waals surface area contributed by atoms with Crippen molar-refractivity contribution < 1.29 is 9.53 Å². The van der Waals surface area contributed by atoms with Crippen LogP contribution in [0.1, 0.15) is 27.9 Å². The van der Waals surface area contributed by atoms with Crippen LogP contribution < -0.4 is 5.32 Å². The van der Waals surface area contributed by atoms with Gasteiger partial charge < -0.3 is 15.0 Å². The number of benzene rings is 2. The van der Waals surface area contributed by atoms with E-state index in [0.717, 1.165) is 38.4 Å². The molecule has 3 rings (SSSR count). The Bertz CT molecular complexity index is 787. The number of hydrogen-bond acceptors (Lipinski definition) is 3. The summed E-state index contributed by atoms with van der Waals surface area (Å²) < 4.78 is 4.73. The highest BCUT2D eigenvalue weighted by Crippen LogP contribution is 2.20. The SMILES string of the molecule is CN=C(NCCc1ccc(C(=O)OC)cc1)N1CCC(Cc2ccccc2)C1. The highest BCUT2D eigenvalue weighted by Gasteiger charge is 2.24. The Balaban J connectivity index is 1.45. The lowest BCUT2D eigenvalue weighted by molar-refractivity contribution is 0.0600. The summed E-state index contributed by atoms with van der Waals surface area (Å²) >= 11 is 0. The van der Waals surface area contributed by atoms with Crippen LogP contribution >= 0.6 is 0 Å². The maximum atomic E-state index is 11.5. The molecule has 0 spiro atoms. The van der Waals surface area contributed by atoms with Gasteiger partial charge in [-0.1, -0.05) is 42.5 Å². The molecule has 1 N–H and O–H groups in total. The molecule has 5 heteroatoms. The third kappa shape index (κ3) is 5.35. The van der Waals surface area contributed by atoms with Gasteiger partial charge in [0.1, 0.15) is 0 Å². The summed E-state index contributed by atoms with van der Waals surface area (Å²) in [6.45, 7) is 2.90. The lowest BCUT2D eigenvalue weighted by atomic mass is 9.99. The van der Waals surface area contributed by atoms with Crippen LogP contribution in [0.4, 0.5) is 0 Å². The third-order valence-electron chi connectivity index (χ3n) is 5.24. The van der Waals surface area contributed by atoms with Crippen LogP contribution in [0.3, 0.4) is 0 Å². The molecule has 2 aromatic carbocycles. The molecule has 1 aliphatic heterocycles. The lowest BCUT2D eigenvalue weighted by Gasteiger charge is -2.22. The van der Waals surface area contributed by atoms with E-state index in [9.17, 15) is 4.79 Å². The molecule has 0 bridgehead atoms. The fourth-order valence-electron chi connectivity index (χ4n) is 3.72. The van der Waals surface area contributed by atoms with E-state index in [2.05, 4.69) is 45.5 Å². The second-order valence-electron chi connectivity index (χ2n) is 7.20. The van der Waals surface area contributed by atoms with Crippen molar-refractivity contribution in [1.82, 2.24) is 10.2 Å². The van der Waals surface area contributed by atoms with Crippen molar-refractivity contribution in [3.63, 3.8) is 0 Å². The number of methoxy groups -OCH3 is 1. The van der Waals surface area contributed by atoms with E-state index < -0.39 is 0 Å². The average Bonchev–Trinajstić information content (AvgIpc) is 3.20. The molecule has 28 heavy (non-hydrogen) atoms. The largest absolute Gasteiger partial charge is 0.465 e. The molecule has 0 saturated carbocycles. The zero-order chi connectivity index (χ0) is 19.8. The van der Waals surface area contributed by atoms with Crippen molar-refractivity contribution in [2.45, 2.75) is 19.3 Å². The van der Waals surface area contributed by atoms with Gasteiger partial charge >= 0.3 is 5.97 Å². The minimum atomic E-state index is -0.302. The summed E-state index contributed by atoms with van der Waals surface area (Å²) in [5.74, 6) is 1.35. The number of nitrogens with one attached hydrogen (secondary N) is 1. The van der Waals surface area contributed by atoms with E-state index in [1.54, 1.807) is 0 Å². The number of rotatable bonds is 6. The Morgan fingerprint density at radius 3 is 2.57 bits per heavy atom. The minimum absolute atomic E-state index is 0.302. The van der Waals surface area contributed by atoms with Crippen LogP contribution in [0.25, 0.3) is 0 Å². The van der Waals surface area contributed by atoms with Gasteiger partial charge in [-0.05, 0) is 48.4 Å². The van der Waals surface area contributed by atoms with E-state index in [4.69, 9.17) is 4.74 Å². The number of carbonyl (C=O) groups is 1. The number of nitrogens with zero attached hydrogens (tertiary/aromatic N) is 2. The van der Waals surface area contributed by atoms with Crippen molar-refractivity contribution in [2.75, 3.05) is 33.8 Å². The number of hydrogen-bond donors (Lipinski definition) is 1. The summed E-state index contributed by atoms with van der Waals surface area (Å²) in [7, 11) is 3.24. The monoisotopic (exact) mass is 379 g/mol. The number of guanidine groups is 1. The van der Waals surface area contributed by atoms with Gasteiger partial charge in [-0.3, -0.25) is 4.99 Å². The molecule has 0 amide bonds. The average molecular weight is 380 g/mol. The second-order valence-corrected chi connectivity index (χ2v) is 7.20. The van der Waals surface area contributed by atoms with Gasteiger partial charge in [0, 0.05) is 26.7 Å². The summed E-state index contributed by atoms with van der Waals surface area (Å²) in [5, 5.41) is 3.48. The van der Waals surface area contributed by atoms with Crippen molar-refractivity contribution in [1.29, 1.82) is 0 Å². The molecule has 0 aromatic heterocycles. The molecule has 1 saturated heterocycles. The summed E-state index contributed by atoms with van der Waals surface area (Å²) in [6.07, 6.45) is 3.20. The predicted octanol–water partition coefficient (Wildman–Crippen LogP) is 3.16. The number of carbonyl (C=O) groups excluding carboxylic acids is 1. The third-order valence-corrected chi connectivity index (χ3v) is 5.24. The van der Waals surface area contributed by atoms with Gasteiger partial charge in [-0.2, -0.15) is 0 Å². The minimum Gasteiger partial charge on any atom is -0.465 e. The van der Waals surface area contributed by atoms with E-state index in [0.29, 0.717) is 11.5 Å². The van der Waals surface area contributed by atoms with Gasteiger partial charge in [-0.25, -0.2) is 4.79 Å². The Morgan fingerprint density at radius 1 is 1.14 bits per heavy atom. The molecule has 1 fully saturated rings. The highest BCUT2D eigenvalue weighted by atomic mass is 16.5.